The third kappa shape index (κ3) is 27.3. The van der Waals surface area contributed by atoms with Gasteiger partial charge in [-0.3, -0.25) is 19.3 Å². The highest BCUT2D eigenvalue weighted by molar-refractivity contribution is 5.77. The lowest BCUT2D eigenvalue weighted by molar-refractivity contribution is -0.139. The van der Waals surface area contributed by atoms with Gasteiger partial charge >= 0.3 is 24.7 Å². The van der Waals surface area contributed by atoms with Crippen molar-refractivity contribution in [3.63, 3.8) is 0 Å². The molecule has 5 fully saturated rings. The molecule has 143 heavy (non-hydrogen) atoms. The molecule has 0 unspecified atom stereocenters. The van der Waals surface area contributed by atoms with E-state index in [1.165, 1.54) is 54.1 Å². The number of methoxy groups -OCH3 is 1. The number of benzene rings is 9. The van der Waals surface area contributed by atoms with Gasteiger partial charge in [0, 0.05) is 139 Å². The standard InChI is InChI=1S/C34H40F3N3O2.C26H32F3N3O2.C25H30F3N3O2.C24H28F3N3O2.2CH4/c1-39(2)33(24-9-12-26(41-3)13-10-24)17-19-40(20-18-33)22-27-14-15-28-31(23-7-5-4-6-8-23)38-30-16-11-25(34(35,36)37)21-29(30)32(28)42-27;1-32(2)14-6-9-23(33)30-16-19-11-12-20-24(17-7-4-3-5-8-17)31-22-13-10-18(26(27,28)29)15-21(22)25(20)34-19;1-31(2)13-12-22(32)29-15-18-9-10-19-23(16-6-4-3-5-7-16)30-21-11-8-17(25(26,27)28)14-20(21)24(19)33-18;25-24(26,27)16-8-11-20-19(13-16)23-18(22(30-20)15-5-2-1-3-6-15)10-9-17(32-23)14-29-21(31)7-4-12-28;;/h4-13,16,21,27-28,31-32,38H,14-15,17-20,22H2,1-3H3;3-5,7-8,10,13,15,19-20,24-25,31H,6,9,11-12,14,16H2,1-2H3,(H,30,33);3-8,11,14,18-19,23-24,30H,9-10,12-13,15H2,1-2H3,(H,29,32);1-3,5-6,8,11,13,17-18,22-23,30H,4,7,9-10,12,14,28H2,(H,29,31);2*1H4/t27-,28+,31+,32+;19-,20+,24+,25+;18-,19+,23+,24+;17-,18+,22+,23+;;/m1111../s1. The van der Waals surface area contributed by atoms with Crippen molar-refractivity contribution in [3.05, 3.63) is 291 Å². The van der Waals surface area contributed by atoms with Gasteiger partial charge in [-0.2, -0.15) is 52.7 Å². The Hall–Kier alpha value is -10.8. The minimum atomic E-state index is -4.42. The fourth-order valence-corrected chi connectivity index (χ4v) is 21.7. The van der Waals surface area contributed by atoms with Crippen LogP contribution in [0.15, 0.2) is 218 Å². The number of alkyl halides is 12. The number of nitrogens with one attached hydrogen (secondary N) is 7. The number of halogens is 12. The van der Waals surface area contributed by atoms with Crippen LogP contribution in [-0.2, 0) is 63.6 Å². The summed E-state index contributed by atoms with van der Waals surface area (Å²) in [5.74, 6) is 0.702. The number of piperidine rings is 1. The van der Waals surface area contributed by atoms with Crippen LogP contribution in [0.25, 0.3) is 0 Å². The van der Waals surface area contributed by atoms with E-state index in [4.69, 9.17) is 29.4 Å². The highest BCUT2D eigenvalue weighted by Gasteiger charge is 2.51. The first-order chi connectivity index (χ1) is 67.5. The molecule has 32 heteroatoms. The Morgan fingerprint density at radius 3 is 0.972 bits per heavy atom. The summed E-state index contributed by atoms with van der Waals surface area (Å²) < 4.78 is 193. The average Bonchev–Trinajstić information content (AvgIpc) is 0.759. The number of anilines is 4. The lowest BCUT2D eigenvalue weighted by atomic mass is 9.76. The first-order valence-electron chi connectivity index (χ1n) is 49.0. The number of carbonyl (C=O) groups is 3. The summed E-state index contributed by atoms with van der Waals surface area (Å²) in [6.07, 6.45) is -9.43. The summed E-state index contributed by atoms with van der Waals surface area (Å²) in [5.41, 5.74) is 13.3. The first-order valence-corrected chi connectivity index (χ1v) is 49.0. The van der Waals surface area contributed by atoms with Gasteiger partial charge < -0.3 is 81.3 Å². The molecule has 9 heterocycles. The molecule has 0 saturated carbocycles. The first kappa shape index (κ1) is 109. The second-order valence-electron chi connectivity index (χ2n) is 39.2. The number of hydrogen-bond acceptors (Lipinski definition) is 17. The minimum Gasteiger partial charge on any atom is -0.497 e. The van der Waals surface area contributed by atoms with Gasteiger partial charge in [0.15, 0.2) is 0 Å². The molecule has 5 saturated heterocycles. The molecule has 9 N–H and O–H groups in total. The average molecular weight is 2000 g/mol. The second-order valence-corrected chi connectivity index (χ2v) is 39.2. The van der Waals surface area contributed by atoms with Gasteiger partial charge in [0.2, 0.25) is 17.7 Å². The summed E-state index contributed by atoms with van der Waals surface area (Å²) in [5, 5.41) is 22.7. The van der Waals surface area contributed by atoms with Gasteiger partial charge in [-0.25, -0.2) is 0 Å². The maximum absolute atomic E-state index is 13.7. The molecule has 0 aromatic heterocycles. The number of nitrogens with two attached hydrogens (primary N) is 1. The quantitative estimate of drug-likeness (QED) is 0.0249. The van der Waals surface area contributed by atoms with Crippen LogP contribution in [0, 0.1) is 23.7 Å². The summed E-state index contributed by atoms with van der Waals surface area (Å²) >= 11 is 0. The summed E-state index contributed by atoms with van der Waals surface area (Å²) in [6.45, 7) is 5.64. The molecule has 18 rings (SSSR count). The number of rotatable bonds is 25. The zero-order valence-corrected chi connectivity index (χ0v) is 80.7. The Labute approximate surface area is 832 Å². The van der Waals surface area contributed by atoms with Gasteiger partial charge in [-0.1, -0.05) is 148 Å². The van der Waals surface area contributed by atoms with Crippen LogP contribution in [-0.4, -0.2) is 170 Å². The van der Waals surface area contributed by atoms with E-state index in [0.717, 1.165) is 149 Å². The van der Waals surface area contributed by atoms with Crippen LogP contribution >= 0.6 is 0 Å². The molecule has 9 aromatic rings. The van der Waals surface area contributed by atoms with Gasteiger partial charge in [-0.15, -0.1) is 0 Å². The SMILES string of the molecule is C.C.CN(C)CCC(=O)NC[C@H]1CC[C@@H]2[C@H](O1)c1cc(C(F)(F)F)ccc1N[C@H]2c1ccccc1.CN(C)CCCC(=O)NC[C@H]1CC[C@@H]2[C@H](O1)c1cc(C(F)(F)F)ccc1N[C@H]2c1ccccc1.COc1ccc(C2(N(C)C)CCN(C[C@H]3CC[C@@H]4[C@H](O3)c3cc(C(F)(F)F)ccc3N[C@H]4c3ccccc3)CC2)cc1.NCCCC(=O)NC[C@H]1CC[C@@H]2[C@H](O1)c1cc(C(F)(F)F)ccc1N[C@H]2c1ccccc1. The highest BCUT2D eigenvalue weighted by atomic mass is 19.4. The number of hydrogen-bond donors (Lipinski definition) is 8. The van der Waals surface area contributed by atoms with E-state index < -0.39 is 71.4 Å². The van der Waals surface area contributed by atoms with Crippen molar-refractivity contribution in [2.45, 2.75) is 214 Å². The van der Waals surface area contributed by atoms with Gasteiger partial charge in [-0.05, 0) is 245 Å². The molecule has 9 aromatic carbocycles. The molecular formula is C111H138F12N12O8. The van der Waals surface area contributed by atoms with Crippen molar-refractivity contribution < 1.29 is 90.8 Å². The molecule has 20 nitrogen and oxygen atoms in total. The predicted octanol–water partition coefficient (Wildman–Crippen LogP) is 23.0. The predicted molar refractivity (Wildman–Crippen MR) is 534 cm³/mol. The highest BCUT2D eigenvalue weighted by Crippen LogP contribution is 2.57. The zero-order valence-electron chi connectivity index (χ0n) is 80.7. The summed E-state index contributed by atoms with van der Waals surface area (Å²) in [4.78, 5) is 45.1. The Balaban J connectivity index is 0.000000160. The van der Waals surface area contributed by atoms with Crippen molar-refractivity contribution in [2.75, 3.05) is 130 Å². The Morgan fingerprint density at radius 2 is 0.685 bits per heavy atom. The lowest BCUT2D eigenvalue weighted by Gasteiger charge is -2.49. The molecule has 16 atom stereocenters. The van der Waals surface area contributed by atoms with Crippen LogP contribution in [0.1, 0.15) is 232 Å². The number of ether oxygens (including phenoxy) is 5. The molecule has 0 bridgehead atoms. The minimum absolute atomic E-state index is 0. The van der Waals surface area contributed by atoms with Crippen molar-refractivity contribution >= 4 is 40.5 Å². The normalized spacial score (nSPS) is 24.5. The lowest BCUT2D eigenvalue weighted by Crippen LogP contribution is -2.52. The molecule has 0 radical (unpaired) electrons. The van der Waals surface area contributed by atoms with E-state index >= 15 is 0 Å². The number of amides is 3. The Bertz CT molecular complexity index is 5590. The molecular weight excluding hydrogens is 1860 g/mol. The molecule has 774 valence electrons. The van der Waals surface area contributed by atoms with Crippen molar-refractivity contribution in [1.29, 1.82) is 0 Å². The molecule has 3 amide bonds. The maximum atomic E-state index is 13.7. The van der Waals surface area contributed by atoms with Crippen LogP contribution in [0.4, 0.5) is 75.4 Å². The second kappa shape index (κ2) is 48.5. The van der Waals surface area contributed by atoms with Gasteiger partial charge in [0.1, 0.15) is 5.75 Å². The van der Waals surface area contributed by atoms with E-state index in [0.29, 0.717) is 97.7 Å². The number of fused-ring (bicyclic) bond motifs is 12. The third-order valence-electron chi connectivity index (χ3n) is 29.1. The molecule has 9 aliphatic heterocycles. The van der Waals surface area contributed by atoms with Crippen LogP contribution in [0.2, 0.25) is 0 Å². The van der Waals surface area contributed by atoms with Crippen molar-refractivity contribution in [1.82, 2.24) is 35.6 Å². The molecule has 9 aliphatic rings. The van der Waals surface area contributed by atoms with E-state index in [1.807, 2.05) is 159 Å². The van der Waals surface area contributed by atoms with Gasteiger partial charge in [0.05, 0.1) is 102 Å². The van der Waals surface area contributed by atoms with Gasteiger partial charge in [0.25, 0.3) is 0 Å². The van der Waals surface area contributed by atoms with E-state index in [9.17, 15) is 67.1 Å². The molecule has 0 spiro atoms. The fourth-order valence-electron chi connectivity index (χ4n) is 21.7. The summed E-state index contributed by atoms with van der Waals surface area (Å²) in [6, 6.07) is 63.6. The monoisotopic (exact) mass is 2000 g/mol. The topological polar surface area (TPSA) is 221 Å². The number of carbonyl (C=O) groups excluding carboxylic acids is 3. The Kier molecular flexibility index (Phi) is 37.1. The van der Waals surface area contributed by atoms with E-state index in [1.54, 1.807) is 13.2 Å². The van der Waals surface area contributed by atoms with Crippen LogP contribution < -0.4 is 47.7 Å². The Morgan fingerprint density at radius 1 is 0.392 bits per heavy atom. The maximum Gasteiger partial charge on any atom is 0.416 e. The third-order valence-corrected chi connectivity index (χ3v) is 29.1. The van der Waals surface area contributed by atoms with E-state index in [2.05, 4.69) is 85.4 Å². The van der Waals surface area contributed by atoms with E-state index in [-0.39, 0.29) is 110 Å². The smallest absolute Gasteiger partial charge is 0.416 e. The number of likely N-dealkylation sites (tertiary alicyclic amines) is 1. The number of nitrogens with zero attached hydrogens (tertiary/aromatic N) is 4. The van der Waals surface area contributed by atoms with Crippen molar-refractivity contribution in [3.8, 4) is 5.75 Å². The summed E-state index contributed by atoms with van der Waals surface area (Å²) in [7, 11) is 13.7. The largest absolute Gasteiger partial charge is 0.497 e. The van der Waals surface area contributed by atoms with Crippen LogP contribution in [0.3, 0.4) is 0 Å². The van der Waals surface area contributed by atoms with Crippen LogP contribution in [0.5, 0.6) is 5.75 Å². The molecule has 0 aliphatic carbocycles. The zero-order chi connectivity index (χ0) is 100. The fraction of sp³-hybridized carbons (Fsp3) is 0.486. The van der Waals surface area contributed by atoms with Crippen molar-refractivity contribution in [2.24, 2.45) is 29.4 Å².